The number of carbonyl (C=O) groups excluding carboxylic acids is 1. The Morgan fingerprint density at radius 2 is 2.05 bits per heavy atom. The zero-order chi connectivity index (χ0) is 15.2. The molecule has 1 aliphatic heterocycles. The van der Waals surface area contributed by atoms with E-state index in [-0.39, 0.29) is 0 Å². The molecule has 1 N–H and O–H groups in total. The maximum Gasteiger partial charge on any atom is 0.267 e. The van der Waals surface area contributed by atoms with Crippen LogP contribution in [0.4, 0.5) is 0 Å². The third-order valence-electron chi connectivity index (χ3n) is 3.67. The van der Waals surface area contributed by atoms with E-state index in [2.05, 4.69) is 15.9 Å². The van der Waals surface area contributed by atoms with Crippen LogP contribution in [0.3, 0.4) is 0 Å². The first-order chi connectivity index (χ1) is 9.88. The summed E-state index contributed by atoms with van der Waals surface area (Å²) in [6.07, 6.45) is 2.76. The van der Waals surface area contributed by atoms with Crippen LogP contribution >= 0.6 is 0 Å². The van der Waals surface area contributed by atoms with Crippen molar-refractivity contribution in [3.8, 4) is 0 Å². The summed E-state index contributed by atoms with van der Waals surface area (Å²) in [5.41, 5.74) is 2.97. The number of benzene rings is 1. The van der Waals surface area contributed by atoms with Gasteiger partial charge in [0.1, 0.15) is 0 Å². The van der Waals surface area contributed by atoms with E-state index in [4.69, 9.17) is 0 Å². The Balaban J connectivity index is 2.29. The SMILES string of the molecule is C=C1CCCn2c1c(C(=O)NS(C)(=O)=O)c1ccccc12. The number of sulfonamides is 1. The summed E-state index contributed by atoms with van der Waals surface area (Å²) >= 11 is 0. The fraction of sp³-hybridized carbons (Fsp3) is 0.267. The molecule has 0 spiro atoms. The normalized spacial score (nSPS) is 15.0. The number of hydrogen-bond acceptors (Lipinski definition) is 3. The van der Waals surface area contributed by atoms with E-state index in [1.54, 1.807) is 0 Å². The number of aryl methyl sites for hydroxylation is 1. The van der Waals surface area contributed by atoms with Gasteiger partial charge in [0.15, 0.2) is 0 Å². The average molecular weight is 304 g/mol. The largest absolute Gasteiger partial charge is 0.340 e. The van der Waals surface area contributed by atoms with Crippen molar-refractivity contribution in [2.24, 2.45) is 0 Å². The van der Waals surface area contributed by atoms with Crippen LogP contribution in [0, 0.1) is 0 Å². The lowest BCUT2D eigenvalue weighted by molar-refractivity contribution is 0.0982. The predicted octanol–water partition coefficient (Wildman–Crippen LogP) is 2.14. The summed E-state index contributed by atoms with van der Waals surface area (Å²) in [4.78, 5) is 12.4. The number of fused-ring (bicyclic) bond motifs is 3. The zero-order valence-electron chi connectivity index (χ0n) is 11.7. The second-order valence-corrected chi connectivity index (χ2v) is 7.05. The molecule has 2 aromatic rings. The summed E-state index contributed by atoms with van der Waals surface area (Å²) in [6.45, 7) is 4.85. The van der Waals surface area contributed by atoms with Gasteiger partial charge in [-0.15, -0.1) is 0 Å². The van der Waals surface area contributed by atoms with Crippen LogP contribution in [0.1, 0.15) is 28.9 Å². The molecular weight excluding hydrogens is 288 g/mol. The van der Waals surface area contributed by atoms with Crippen molar-refractivity contribution in [1.82, 2.24) is 9.29 Å². The maximum atomic E-state index is 12.4. The summed E-state index contributed by atoms with van der Waals surface area (Å²) < 4.78 is 26.8. The number of para-hydroxylation sites is 1. The van der Waals surface area contributed by atoms with Gasteiger partial charge in [-0.25, -0.2) is 13.1 Å². The Bertz CT molecular complexity index is 862. The Morgan fingerprint density at radius 3 is 2.76 bits per heavy atom. The minimum Gasteiger partial charge on any atom is -0.340 e. The Kier molecular flexibility index (Phi) is 3.13. The number of nitrogens with zero attached hydrogens (tertiary/aromatic N) is 1. The molecule has 0 saturated heterocycles. The maximum absolute atomic E-state index is 12.4. The van der Waals surface area contributed by atoms with Crippen LogP contribution in [-0.4, -0.2) is 25.1 Å². The molecule has 0 radical (unpaired) electrons. The molecule has 0 atom stereocenters. The molecule has 21 heavy (non-hydrogen) atoms. The van der Waals surface area contributed by atoms with E-state index in [1.807, 2.05) is 24.3 Å². The standard InChI is InChI=1S/C15H16N2O3S/c1-10-6-5-9-17-12-8-4-3-7-11(12)13(14(10)17)15(18)16-21(2,19)20/h3-4,7-8H,1,5-6,9H2,2H3,(H,16,18). The van der Waals surface area contributed by atoms with Crippen molar-refractivity contribution in [2.45, 2.75) is 19.4 Å². The lowest BCUT2D eigenvalue weighted by atomic mass is 10.0. The number of amides is 1. The van der Waals surface area contributed by atoms with Gasteiger partial charge in [0.05, 0.1) is 17.5 Å². The molecule has 5 nitrogen and oxygen atoms in total. The predicted molar refractivity (Wildman–Crippen MR) is 82.5 cm³/mol. The van der Waals surface area contributed by atoms with Crippen LogP contribution in [0.2, 0.25) is 0 Å². The van der Waals surface area contributed by atoms with E-state index >= 15 is 0 Å². The van der Waals surface area contributed by atoms with Crippen molar-refractivity contribution in [1.29, 1.82) is 0 Å². The van der Waals surface area contributed by atoms with Gasteiger partial charge >= 0.3 is 0 Å². The molecule has 110 valence electrons. The van der Waals surface area contributed by atoms with E-state index in [0.29, 0.717) is 5.56 Å². The Labute approximate surface area is 123 Å². The molecule has 1 aromatic heterocycles. The average Bonchev–Trinajstić information content (AvgIpc) is 2.73. The second-order valence-electron chi connectivity index (χ2n) is 5.30. The molecule has 3 rings (SSSR count). The lowest BCUT2D eigenvalue weighted by Crippen LogP contribution is -2.30. The van der Waals surface area contributed by atoms with Crippen LogP contribution in [0.25, 0.3) is 16.5 Å². The zero-order valence-corrected chi connectivity index (χ0v) is 12.5. The summed E-state index contributed by atoms with van der Waals surface area (Å²) in [7, 11) is -3.60. The van der Waals surface area contributed by atoms with Crippen molar-refractivity contribution in [3.63, 3.8) is 0 Å². The Morgan fingerprint density at radius 1 is 1.33 bits per heavy atom. The highest BCUT2D eigenvalue weighted by molar-refractivity contribution is 7.89. The topological polar surface area (TPSA) is 68.2 Å². The highest BCUT2D eigenvalue weighted by Gasteiger charge is 2.27. The van der Waals surface area contributed by atoms with Gasteiger partial charge in [0.25, 0.3) is 5.91 Å². The van der Waals surface area contributed by atoms with E-state index < -0.39 is 15.9 Å². The van der Waals surface area contributed by atoms with Gasteiger partial charge < -0.3 is 4.57 Å². The molecule has 1 aliphatic rings. The summed E-state index contributed by atoms with van der Waals surface area (Å²) in [6, 6.07) is 7.53. The van der Waals surface area contributed by atoms with Crippen molar-refractivity contribution < 1.29 is 13.2 Å². The number of rotatable bonds is 2. The molecule has 0 unspecified atom stereocenters. The van der Waals surface area contributed by atoms with Crippen molar-refractivity contribution in [2.75, 3.05) is 6.26 Å². The van der Waals surface area contributed by atoms with Crippen LogP contribution < -0.4 is 4.72 Å². The number of nitrogens with one attached hydrogen (secondary N) is 1. The number of hydrogen-bond donors (Lipinski definition) is 1. The van der Waals surface area contributed by atoms with Crippen LogP contribution in [0.15, 0.2) is 30.8 Å². The molecule has 6 heteroatoms. The van der Waals surface area contributed by atoms with E-state index in [1.165, 1.54) is 0 Å². The van der Waals surface area contributed by atoms with Gasteiger partial charge in [-0.3, -0.25) is 4.79 Å². The molecule has 0 fully saturated rings. The van der Waals surface area contributed by atoms with E-state index in [9.17, 15) is 13.2 Å². The number of aromatic nitrogens is 1. The minimum absolute atomic E-state index is 0.403. The molecule has 0 saturated carbocycles. The first kappa shape index (κ1) is 13.9. The molecular formula is C15H16N2O3S. The van der Waals surface area contributed by atoms with Gasteiger partial charge in [-0.2, -0.15) is 0 Å². The third-order valence-corrected chi connectivity index (χ3v) is 4.23. The molecule has 1 aromatic carbocycles. The van der Waals surface area contributed by atoms with Crippen LogP contribution in [-0.2, 0) is 16.6 Å². The summed E-state index contributed by atoms with van der Waals surface area (Å²) in [5, 5.41) is 0.761. The quantitative estimate of drug-likeness (QED) is 0.924. The fourth-order valence-corrected chi connectivity index (χ4v) is 3.36. The monoisotopic (exact) mass is 304 g/mol. The number of carbonyl (C=O) groups is 1. The molecule has 1 amide bonds. The Hall–Kier alpha value is -2.08. The first-order valence-corrected chi connectivity index (χ1v) is 8.59. The highest BCUT2D eigenvalue weighted by atomic mass is 32.2. The lowest BCUT2D eigenvalue weighted by Gasteiger charge is -2.19. The molecule has 2 heterocycles. The number of allylic oxidation sites excluding steroid dienone is 1. The van der Waals surface area contributed by atoms with Gasteiger partial charge in [-0.05, 0) is 24.5 Å². The van der Waals surface area contributed by atoms with Crippen molar-refractivity contribution in [3.05, 3.63) is 42.1 Å². The third kappa shape index (κ3) is 2.35. The second kappa shape index (κ2) is 4.73. The summed E-state index contributed by atoms with van der Waals surface area (Å²) in [5.74, 6) is -0.592. The smallest absolute Gasteiger partial charge is 0.267 e. The van der Waals surface area contributed by atoms with Gasteiger partial charge in [0, 0.05) is 17.4 Å². The van der Waals surface area contributed by atoms with Crippen molar-refractivity contribution >= 4 is 32.4 Å². The van der Waals surface area contributed by atoms with Gasteiger partial charge in [0.2, 0.25) is 10.0 Å². The fourth-order valence-electron chi connectivity index (χ4n) is 2.92. The molecule has 0 bridgehead atoms. The highest BCUT2D eigenvalue weighted by Crippen LogP contribution is 2.35. The minimum atomic E-state index is -3.60. The molecule has 0 aliphatic carbocycles. The van der Waals surface area contributed by atoms with Crippen LogP contribution in [0.5, 0.6) is 0 Å². The van der Waals surface area contributed by atoms with Gasteiger partial charge in [-0.1, -0.05) is 24.8 Å². The van der Waals surface area contributed by atoms with E-state index in [0.717, 1.165) is 47.8 Å². The first-order valence-electron chi connectivity index (χ1n) is 6.70.